The molecule has 1 saturated heterocycles. The van der Waals surface area contributed by atoms with Crippen LogP contribution >= 0.6 is 0 Å². The maximum atomic E-state index is 9.20. The number of nitrogens with zero attached hydrogens (tertiary/aromatic N) is 1. The Morgan fingerprint density at radius 1 is 1.40 bits per heavy atom. The van der Waals surface area contributed by atoms with Crippen molar-refractivity contribution in [1.82, 2.24) is 4.90 Å². The molecule has 4 heteroatoms. The molecule has 4 nitrogen and oxygen atoms in total. The number of aliphatic hydroxyl groups excluding tert-OH is 2. The lowest BCUT2D eigenvalue weighted by Gasteiger charge is -2.30. The first-order chi connectivity index (χ1) is 7.13. The van der Waals surface area contributed by atoms with Crippen molar-refractivity contribution in [2.75, 3.05) is 46.6 Å². The van der Waals surface area contributed by atoms with Gasteiger partial charge in [0, 0.05) is 25.6 Å². The van der Waals surface area contributed by atoms with Gasteiger partial charge in [-0.3, -0.25) is 0 Å². The van der Waals surface area contributed by atoms with Crippen LogP contribution in [0.5, 0.6) is 0 Å². The lowest BCUT2D eigenvalue weighted by molar-refractivity contribution is 0.0392. The molecule has 0 aliphatic carbocycles. The van der Waals surface area contributed by atoms with Crippen LogP contribution in [-0.2, 0) is 4.74 Å². The van der Waals surface area contributed by atoms with Gasteiger partial charge in [0.05, 0.1) is 19.8 Å². The van der Waals surface area contributed by atoms with Gasteiger partial charge in [-0.05, 0) is 18.9 Å². The Kier molecular flexibility index (Phi) is 4.99. The Balaban J connectivity index is 2.34. The number of ether oxygens (including phenoxy) is 1. The molecule has 0 aromatic carbocycles. The van der Waals surface area contributed by atoms with Crippen LogP contribution < -0.4 is 0 Å². The van der Waals surface area contributed by atoms with E-state index in [1.54, 1.807) is 7.11 Å². The summed E-state index contributed by atoms with van der Waals surface area (Å²) in [5.74, 6) is 0.608. The fraction of sp³-hybridized carbons (Fsp3) is 1.00. The van der Waals surface area contributed by atoms with Gasteiger partial charge in [-0.25, -0.2) is 0 Å². The summed E-state index contributed by atoms with van der Waals surface area (Å²) in [5.41, 5.74) is -0.373. The van der Waals surface area contributed by atoms with Gasteiger partial charge in [0.15, 0.2) is 0 Å². The molecular formula is C11H23NO3. The molecule has 0 aromatic heterocycles. The predicted molar refractivity (Wildman–Crippen MR) is 58.7 cm³/mol. The smallest absolute Gasteiger partial charge is 0.0519 e. The third kappa shape index (κ3) is 3.72. The predicted octanol–water partition coefficient (Wildman–Crippen LogP) is -0.0544. The second-order valence-corrected chi connectivity index (χ2v) is 4.97. The van der Waals surface area contributed by atoms with Gasteiger partial charge in [0.1, 0.15) is 0 Å². The van der Waals surface area contributed by atoms with Crippen molar-refractivity contribution in [3.05, 3.63) is 0 Å². The summed E-state index contributed by atoms with van der Waals surface area (Å²) in [6.45, 7) is 5.62. The van der Waals surface area contributed by atoms with Gasteiger partial charge in [0.25, 0.3) is 0 Å². The SMILES string of the molecule is COCC1CCN(CC(C)(CO)CO)C1. The monoisotopic (exact) mass is 217 g/mol. The highest BCUT2D eigenvalue weighted by atomic mass is 16.5. The molecule has 0 radical (unpaired) electrons. The second-order valence-electron chi connectivity index (χ2n) is 4.97. The van der Waals surface area contributed by atoms with Gasteiger partial charge >= 0.3 is 0 Å². The third-order valence-corrected chi connectivity index (χ3v) is 3.14. The summed E-state index contributed by atoms with van der Waals surface area (Å²) in [4.78, 5) is 2.30. The van der Waals surface area contributed by atoms with Gasteiger partial charge < -0.3 is 19.8 Å². The maximum Gasteiger partial charge on any atom is 0.0519 e. The van der Waals surface area contributed by atoms with Crippen LogP contribution in [0.1, 0.15) is 13.3 Å². The molecule has 1 heterocycles. The summed E-state index contributed by atoms with van der Waals surface area (Å²) >= 11 is 0. The van der Waals surface area contributed by atoms with Gasteiger partial charge in [0.2, 0.25) is 0 Å². The van der Waals surface area contributed by atoms with Crippen LogP contribution in [0.3, 0.4) is 0 Å². The molecule has 1 rings (SSSR count). The first kappa shape index (κ1) is 12.9. The first-order valence-electron chi connectivity index (χ1n) is 5.56. The Labute approximate surface area is 91.8 Å². The molecule has 0 aromatic rings. The molecule has 1 fully saturated rings. The Bertz CT molecular complexity index is 183. The largest absolute Gasteiger partial charge is 0.396 e. The number of rotatable bonds is 6. The van der Waals surface area contributed by atoms with E-state index in [4.69, 9.17) is 4.74 Å². The molecule has 1 aliphatic heterocycles. The van der Waals surface area contributed by atoms with E-state index in [-0.39, 0.29) is 18.6 Å². The van der Waals surface area contributed by atoms with Gasteiger partial charge in [-0.2, -0.15) is 0 Å². The number of likely N-dealkylation sites (tertiary alicyclic amines) is 1. The quantitative estimate of drug-likeness (QED) is 0.655. The van der Waals surface area contributed by atoms with Crippen LogP contribution in [0.15, 0.2) is 0 Å². The fourth-order valence-corrected chi connectivity index (χ4v) is 2.12. The van der Waals surface area contributed by atoms with Crippen LogP contribution in [0.25, 0.3) is 0 Å². The van der Waals surface area contributed by atoms with E-state index in [0.29, 0.717) is 5.92 Å². The Hall–Kier alpha value is -0.160. The van der Waals surface area contributed by atoms with Crippen LogP contribution in [0.4, 0.5) is 0 Å². The van der Waals surface area contributed by atoms with E-state index >= 15 is 0 Å². The average Bonchev–Trinajstić information content (AvgIpc) is 2.66. The van der Waals surface area contributed by atoms with E-state index in [1.165, 1.54) is 0 Å². The van der Waals surface area contributed by atoms with Crippen LogP contribution in [-0.4, -0.2) is 61.7 Å². The lowest BCUT2D eigenvalue weighted by atomic mass is 9.92. The standard InChI is InChI=1S/C11H23NO3/c1-11(8-13,9-14)7-12-4-3-10(5-12)6-15-2/h10,13-14H,3-9H2,1-2H3. The molecule has 0 spiro atoms. The minimum Gasteiger partial charge on any atom is -0.396 e. The van der Waals surface area contributed by atoms with E-state index < -0.39 is 0 Å². The highest BCUT2D eigenvalue weighted by Gasteiger charge is 2.30. The van der Waals surface area contributed by atoms with Crippen molar-refractivity contribution >= 4 is 0 Å². The van der Waals surface area contributed by atoms with E-state index in [9.17, 15) is 10.2 Å². The molecule has 1 aliphatic rings. The molecular weight excluding hydrogens is 194 g/mol. The van der Waals surface area contributed by atoms with Crippen molar-refractivity contribution < 1.29 is 14.9 Å². The Morgan fingerprint density at radius 3 is 2.60 bits per heavy atom. The van der Waals surface area contributed by atoms with Crippen molar-refractivity contribution in [3.63, 3.8) is 0 Å². The lowest BCUT2D eigenvalue weighted by Crippen LogP contribution is -2.39. The third-order valence-electron chi connectivity index (χ3n) is 3.14. The summed E-state index contributed by atoms with van der Waals surface area (Å²) < 4.78 is 5.13. The minimum atomic E-state index is -0.373. The van der Waals surface area contributed by atoms with Crippen molar-refractivity contribution in [2.24, 2.45) is 11.3 Å². The number of hydrogen-bond donors (Lipinski definition) is 2. The zero-order chi connectivity index (χ0) is 11.3. The van der Waals surface area contributed by atoms with Gasteiger partial charge in [-0.15, -0.1) is 0 Å². The fourth-order valence-electron chi connectivity index (χ4n) is 2.12. The van der Waals surface area contributed by atoms with Crippen LogP contribution in [0, 0.1) is 11.3 Å². The number of methoxy groups -OCH3 is 1. The number of aliphatic hydroxyl groups is 2. The summed E-state index contributed by atoms with van der Waals surface area (Å²) in [5, 5.41) is 18.4. The van der Waals surface area contributed by atoms with E-state index in [1.807, 2.05) is 6.92 Å². The molecule has 15 heavy (non-hydrogen) atoms. The van der Waals surface area contributed by atoms with Crippen molar-refractivity contribution in [3.8, 4) is 0 Å². The molecule has 2 N–H and O–H groups in total. The van der Waals surface area contributed by atoms with E-state index in [2.05, 4.69) is 4.90 Å². The maximum absolute atomic E-state index is 9.20. The second kappa shape index (κ2) is 5.80. The van der Waals surface area contributed by atoms with E-state index in [0.717, 1.165) is 32.7 Å². The molecule has 0 bridgehead atoms. The first-order valence-corrected chi connectivity index (χ1v) is 5.56. The van der Waals surface area contributed by atoms with Crippen LogP contribution in [0.2, 0.25) is 0 Å². The molecule has 1 atom stereocenters. The van der Waals surface area contributed by atoms with Crippen molar-refractivity contribution in [2.45, 2.75) is 13.3 Å². The topological polar surface area (TPSA) is 52.9 Å². The zero-order valence-corrected chi connectivity index (χ0v) is 9.78. The normalized spacial score (nSPS) is 23.6. The summed E-state index contributed by atoms with van der Waals surface area (Å²) in [7, 11) is 1.73. The Morgan fingerprint density at radius 2 is 2.07 bits per heavy atom. The summed E-state index contributed by atoms with van der Waals surface area (Å²) in [6, 6.07) is 0. The highest BCUT2D eigenvalue weighted by Crippen LogP contribution is 2.22. The van der Waals surface area contributed by atoms with Crippen molar-refractivity contribution in [1.29, 1.82) is 0 Å². The average molecular weight is 217 g/mol. The molecule has 90 valence electrons. The molecule has 1 unspecified atom stereocenters. The molecule has 0 amide bonds. The minimum absolute atomic E-state index is 0.0367. The zero-order valence-electron chi connectivity index (χ0n) is 9.78. The number of hydrogen-bond acceptors (Lipinski definition) is 4. The summed E-state index contributed by atoms with van der Waals surface area (Å²) in [6.07, 6.45) is 1.15. The van der Waals surface area contributed by atoms with Gasteiger partial charge in [-0.1, -0.05) is 6.92 Å². The molecule has 0 saturated carbocycles. The highest BCUT2D eigenvalue weighted by molar-refractivity contribution is 4.82.